The van der Waals surface area contributed by atoms with Crippen molar-refractivity contribution in [2.45, 2.75) is 388 Å². The van der Waals surface area contributed by atoms with Crippen LogP contribution in [0.1, 0.15) is 400 Å². The number of hydrogen-bond acceptors (Lipinski definition) is 0. The first-order chi connectivity index (χ1) is 37.5. The SMILES string of the molecule is C.C.C.C.C.CC(C)(C)C1(C)CCCC1.CC(C)(C)C1(C)CCCCC1.CC(C)(C)c1ccccc1.[2H]C(C)(C)C(C)(C)C.[2H]C([2H])(C(C)(C)C)C(C)(C)C.[2H]C([2H])(C(C)(C)C)C(C)(C)C(F)(F)F.[2H]C([2H])(C(C)C)C(C)(C)C.[2H]C([2H])([2H])C([2H])(C([2H])([2H])C)C(C)(C)C. The highest BCUT2D eigenvalue weighted by Gasteiger charge is 2.48. The quantitative estimate of drug-likeness (QED) is 0.283. The van der Waals surface area contributed by atoms with E-state index < -0.39 is 60.7 Å². The molecule has 0 spiro atoms. The van der Waals surface area contributed by atoms with Crippen LogP contribution in [0.3, 0.4) is 0 Å². The van der Waals surface area contributed by atoms with Crippen molar-refractivity contribution in [1.82, 2.24) is 0 Å². The number of benzene rings is 1. The highest BCUT2D eigenvalue weighted by Crippen LogP contribution is 2.51. The predicted octanol–water partition coefficient (Wildman–Crippen LogP) is 30.1. The number of halogens is 3. The van der Waals surface area contributed by atoms with Gasteiger partial charge in [0.15, 0.2) is 0 Å². The molecule has 2 aliphatic rings. The number of alkyl halides is 3. The zero-order valence-corrected chi connectivity index (χ0v) is 57.5. The van der Waals surface area contributed by atoms with E-state index in [1.165, 1.54) is 84.1 Å². The van der Waals surface area contributed by atoms with Gasteiger partial charge >= 0.3 is 6.18 Å². The summed E-state index contributed by atoms with van der Waals surface area (Å²) in [6, 6.07) is 10.6. The summed E-state index contributed by atoms with van der Waals surface area (Å²) in [6.45, 7) is 66.8. The molecule has 0 nitrogen and oxygen atoms in total. The summed E-state index contributed by atoms with van der Waals surface area (Å²) < 4.78 is 137. The molecule has 80 heavy (non-hydrogen) atoms. The molecule has 1 unspecified atom stereocenters. The highest BCUT2D eigenvalue weighted by molar-refractivity contribution is 5.22. The first-order valence-electron chi connectivity index (χ1n) is 35.6. The van der Waals surface area contributed by atoms with Crippen LogP contribution in [-0.4, -0.2) is 6.18 Å². The van der Waals surface area contributed by atoms with Gasteiger partial charge in [0.05, 0.1) is 5.41 Å². The zero-order valence-electron chi connectivity index (χ0n) is 70.5. The Morgan fingerprint density at radius 1 is 0.475 bits per heavy atom. The lowest BCUT2D eigenvalue weighted by atomic mass is 9.61. The van der Waals surface area contributed by atoms with Gasteiger partial charge in [0.2, 0.25) is 0 Å². The summed E-state index contributed by atoms with van der Waals surface area (Å²) >= 11 is 0. The van der Waals surface area contributed by atoms with Crippen molar-refractivity contribution in [2.24, 2.45) is 77.3 Å². The van der Waals surface area contributed by atoms with Gasteiger partial charge in [-0.25, -0.2) is 0 Å². The molecule has 0 N–H and O–H groups in total. The summed E-state index contributed by atoms with van der Waals surface area (Å²) in [5, 5.41) is 0. The minimum Gasteiger partial charge on any atom is -0.171 e. The third-order valence-electron chi connectivity index (χ3n) is 14.3. The van der Waals surface area contributed by atoms with E-state index >= 15 is 0 Å². The lowest BCUT2D eigenvalue weighted by Gasteiger charge is -2.45. The van der Waals surface area contributed by atoms with Gasteiger partial charge < -0.3 is 0 Å². The van der Waals surface area contributed by atoms with E-state index in [1.807, 2.05) is 90.0 Å². The largest absolute Gasteiger partial charge is 0.393 e. The molecule has 1 aromatic rings. The Bertz CT molecular complexity index is 1960. The van der Waals surface area contributed by atoms with Gasteiger partial charge in [-0.05, 0) is 128 Å². The van der Waals surface area contributed by atoms with Gasteiger partial charge in [-0.15, -0.1) is 0 Å². The maximum absolute atomic E-state index is 12.6. The third-order valence-corrected chi connectivity index (χ3v) is 14.3. The fourth-order valence-electron chi connectivity index (χ4n) is 8.30. The Labute approximate surface area is 530 Å². The van der Waals surface area contributed by atoms with Crippen LogP contribution < -0.4 is 0 Å². The lowest BCUT2D eigenvalue weighted by molar-refractivity contribution is -0.220. The first kappa shape index (κ1) is 71.5. The van der Waals surface area contributed by atoms with Crippen molar-refractivity contribution in [3.8, 4) is 0 Å². The Hall–Kier alpha value is -0.990. The van der Waals surface area contributed by atoms with Gasteiger partial charge in [0, 0.05) is 17.8 Å². The minimum atomic E-state index is -4.54. The molecule has 0 aliphatic heterocycles. The summed E-state index contributed by atoms with van der Waals surface area (Å²) in [4.78, 5) is 0. The Morgan fingerprint density at radius 3 is 0.863 bits per heavy atom. The van der Waals surface area contributed by atoms with Gasteiger partial charge in [-0.1, -0.05) is 362 Å². The molecule has 3 heteroatoms. The van der Waals surface area contributed by atoms with Crippen LogP contribution in [0.2, 0.25) is 0 Å². The molecule has 494 valence electrons. The molecule has 1 atom stereocenters. The van der Waals surface area contributed by atoms with E-state index in [9.17, 15) is 13.2 Å². The average molecular weight is 1160 g/mol. The van der Waals surface area contributed by atoms with Crippen molar-refractivity contribution in [2.75, 3.05) is 0 Å². The van der Waals surface area contributed by atoms with Gasteiger partial charge in [-0.3, -0.25) is 0 Å². The van der Waals surface area contributed by atoms with Gasteiger partial charge in [-0.2, -0.15) is 13.2 Å². The van der Waals surface area contributed by atoms with Crippen molar-refractivity contribution >= 4 is 0 Å². The van der Waals surface area contributed by atoms with Crippen LogP contribution in [0.4, 0.5) is 13.2 Å². The topological polar surface area (TPSA) is 0 Å². The van der Waals surface area contributed by atoms with E-state index in [0.29, 0.717) is 27.1 Å². The molecule has 2 fully saturated rings. The molecule has 2 aliphatic carbocycles. The van der Waals surface area contributed by atoms with E-state index in [1.54, 1.807) is 20.8 Å². The first-order valence-corrected chi connectivity index (χ1v) is 29.1. The van der Waals surface area contributed by atoms with Crippen LogP contribution in [-0.2, 0) is 5.41 Å². The second kappa shape index (κ2) is 40.4. The van der Waals surface area contributed by atoms with Crippen molar-refractivity contribution < 1.29 is 31.0 Å². The summed E-state index contributed by atoms with van der Waals surface area (Å²) in [5.41, 5.74) is -1.10. The molecular formula is C77H165F3. The Morgan fingerprint density at radius 2 is 0.762 bits per heavy atom. The predicted molar refractivity (Wildman–Crippen MR) is 375 cm³/mol. The molecular weight excluding hydrogens is 982 g/mol. The summed E-state index contributed by atoms with van der Waals surface area (Å²) in [5.74, 6) is -2.33. The normalized spacial score (nSPS) is 19.7. The van der Waals surface area contributed by atoms with E-state index in [4.69, 9.17) is 17.8 Å². The molecule has 0 aromatic heterocycles. The third kappa shape index (κ3) is 54.9. The smallest absolute Gasteiger partial charge is 0.171 e. The van der Waals surface area contributed by atoms with Crippen molar-refractivity contribution in [3.05, 3.63) is 35.9 Å². The standard InChI is InChI=1S/C11H22.C10H20.C10H14.C9H17F3.C9H20.2C8H18.C7H16.5CH4/c1-10(2,3)11(4)8-6-5-7-9-11;1-9(2,3)10(4)7-5-6-8-10;1-10(2,3)9-7-5-4-6-8-9;1-7(2,3)6-8(4,5)9(10,11)12;1-8(2,3)7-9(4,5)6;1-7(2)6-8(3,4)5;1-6-7(2)8(3,4)5;1-6(2)7(3,4)5;;;;;/h5-9H2,1-4H3;5-8H2,1-4H3;4-8H,1-3H3;6H2,1-5H3;7H2,1-6H3;2*7H,6H2,1-5H3;6H,1-5H3;5*1H4/i;;;6D2;7D2;6D2;2D3,6D2,7D;6D;;;;;. The van der Waals surface area contributed by atoms with E-state index in [0.717, 1.165) is 20.8 Å². The van der Waals surface area contributed by atoms with Crippen molar-refractivity contribution in [3.63, 3.8) is 0 Å². The number of rotatable bonds is 3. The number of hydrogen-bond donors (Lipinski definition) is 0. The monoisotopic (exact) mass is 1160 g/mol. The molecule has 0 saturated heterocycles. The zero-order chi connectivity index (χ0) is 73.1. The van der Waals surface area contributed by atoms with Gasteiger partial charge in [0.1, 0.15) is 0 Å². The maximum Gasteiger partial charge on any atom is 0.393 e. The van der Waals surface area contributed by atoms with Crippen LogP contribution in [0, 0.1) is 77.3 Å². The average Bonchev–Trinajstić information content (AvgIpc) is 3.72. The van der Waals surface area contributed by atoms with Gasteiger partial charge in [0.25, 0.3) is 0 Å². The lowest BCUT2D eigenvalue weighted by Crippen LogP contribution is -2.35. The molecule has 1 aromatic carbocycles. The molecule has 0 bridgehead atoms. The maximum atomic E-state index is 12.6. The Balaban J connectivity index is -0.000000106. The van der Waals surface area contributed by atoms with Crippen LogP contribution in [0.25, 0.3) is 0 Å². The van der Waals surface area contributed by atoms with Crippen LogP contribution >= 0.6 is 0 Å². The highest BCUT2D eigenvalue weighted by atomic mass is 19.4. The Kier molecular flexibility index (Phi) is 36.1. The summed E-state index contributed by atoms with van der Waals surface area (Å²) in [7, 11) is 0. The van der Waals surface area contributed by atoms with Crippen LogP contribution in [0.15, 0.2) is 30.3 Å². The fourth-order valence-corrected chi connectivity index (χ4v) is 8.30. The summed E-state index contributed by atoms with van der Waals surface area (Å²) in [6.07, 6.45) is 1.93. The molecule has 0 amide bonds. The minimum absolute atomic E-state index is 0. The second-order valence-corrected chi connectivity index (χ2v) is 32.8. The molecule has 0 radical (unpaired) electrons. The fraction of sp³-hybridized carbons (Fsp3) is 0.922. The second-order valence-electron chi connectivity index (χ2n) is 32.8. The molecule has 2 saturated carbocycles. The molecule has 3 rings (SSSR count). The van der Waals surface area contributed by atoms with E-state index in [-0.39, 0.29) is 70.6 Å². The van der Waals surface area contributed by atoms with Crippen LogP contribution in [0.5, 0.6) is 0 Å². The molecule has 0 heterocycles. The van der Waals surface area contributed by atoms with E-state index in [2.05, 4.69) is 127 Å². The van der Waals surface area contributed by atoms with Crippen molar-refractivity contribution in [1.29, 1.82) is 0 Å².